The molecule has 1 N–H and O–H groups in total. The Morgan fingerprint density at radius 3 is 2.58 bits per heavy atom. The van der Waals surface area contributed by atoms with E-state index in [0.29, 0.717) is 12.2 Å². The molecule has 2 heterocycles. The molecule has 1 atom stereocenters. The molecule has 0 radical (unpaired) electrons. The Labute approximate surface area is 180 Å². The van der Waals surface area contributed by atoms with Gasteiger partial charge in [0.05, 0.1) is 11.0 Å². The van der Waals surface area contributed by atoms with Gasteiger partial charge in [0.1, 0.15) is 5.82 Å². The minimum atomic E-state index is -3.96. The zero-order valence-corrected chi connectivity index (χ0v) is 18.3. The lowest BCUT2D eigenvalue weighted by atomic mass is 10.0. The van der Waals surface area contributed by atoms with Crippen molar-refractivity contribution in [3.05, 3.63) is 75.3 Å². The van der Waals surface area contributed by atoms with Gasteiger partial charge in [-0.25, -0.2) is 12.8 Å². The Morgan fingerprint density at radius 1 is 1.16 bits per heavy atom. The van der Waals surface area contributed by atoms with E-state index in [1.807, 2.05) is 26.0 Å². The van der Waals surface area contributed by atoms with Gasteiger partial charge in [0.25, 0.3) is 5.56 Å². The largest absolute Gasteiger partial charge is 0.377 e. The maximum Gasteiger partial charge on any atom is 0.252 e. The second-order valence-electron chi connectivity index (χ2n) is 8.05. The van der Waals surface area contributed by atoms with Crippen LogP contribution in [0.2, 0.25) is 0 Å². The van der Waals surface area contributed by atoms with Crippen molar-refractivity contribution in [1.82, 2.24) is 9.29 Å². The lowest BCUT2D eigenvalue weighted by Gasteiger charge is -2.25. The number of H-pyrrole nitrogens is 1. The summed E-state index contributed by atoms with van der Waals surface area (Å²) in [6.45, 7) is 4.53. The lowest BCUT2D eigenvalue weighted by Crippen LogP contribution is -2.38. The van der Waals surface area contributed by atoms with Crippen LogP contribution < -0.4 is 5.56 Å². The van der Waals surface area contributed by atoms with Gasteiger partial charge in [0.15, 0.2) is 0 Å². The topological polar surface area (TPSA) is 79.5 Å². The number of halogens is 1. The third kappa shape index (κ3) is 4.56. The molecule has 1 aliphatic rings. The van der Waals surface area contributed by atoms with Gasteiger partial charge in [-0.3, -0.25) is 4.79 Å². The number of aryl methyl sites for hydroxylation is 2. The number of nitrogens with zero attached hydrogens (tertiary/aromatic N) is 1. The summed E-state index contributed by atoms with van der Waals surface area (Å²) in [5.74, 6) is -0.513. The van der Waals surface area contributed by atoms with E-state index >= 15 is 0 Å². The van der Waals surface area contributed by atoms with Gasteiger partial charge in [-0.15, -0.1) is 0 Å². The molecule has 0 unspecified atom stereocenters. The number of aromatic amines is 1. The standard InChI is InChI=1S/C23H25FN2O4S/c1-15-10-16(2)21-12-17(23(27)25-22(21)11-15)13-26(14-19-4-3-9-30-19)31(28,29)20-7-5-18(24)6-8-20/h5-8,10-12,19H,3-4,9,13-14H2,1-2H3,(H,25,27)/t19-/m0/s1. The van der Waals surface area contributed by atoms with Crippen LogP contribution in [-0.2, 0) is 21.3 Å². The number of pyridine rings is 1. The van der Waals surface area contributed by atoms with Crippen LogP contribution in [0.3, 0.4) is 0 Å². The molecule has 31 heavy (non-hydrogen) atoms. The Kier molecular flexibility index (Phi) is 5.96. The van der Waals surface area contributed by atoms with Crippen LogP contribution in [0, 0.1) is 19.7 Å². The summed E-state index contributed by atoms with van der Waals surface area (Å²) in [4.78, 5) is 15.6. The van der Waals surface area contributed by atoms with E-state index in [-0.39, 0.29) is 29.6 Å². The van der Waals surface area contributed by atoms with Crippen molar-refractivity contribution in [2.24, 2.45) is 0 Å². The Morgan fingerprint density at radius 2 is 1.90 bits per heavy atom. The molecule has 1 fully saturated rings. The molecular weight excluding hydrogens is 419 g/mol. The minimum absolute atomic E-state index is 0.0177. The molecule has 1 aliphatic heterocycles. The van der Waals surface area contributed by atoms with Crippen LogP contribution in [0.25, 0.3) is 10.9 Å². The Balaban J connectivity index is 1.74. The first kappa shape index (κ1) is 21.7. The number of rotatable bonds is 6. The van der Waals surface area contributed by atoms with Gasteiger partial charge in [0.2, 0.25) is 10.0 Å². The van der Waals surface area contributed by atoms with E-state index in [1.54, 1.807) is 6.07 Å². The second kappa shape index (κ2) is 8.53. The number of sulfonamides is 1. The van der Waals surface area contributed by atoms with Crippen LogP contribution in [0.4, 0.5) is 4.39 Å². The molecular formula is C23H25FN2O4S. The zero-order valence-electron chi connectivity index (χ0n) is 17.5. The molecule has 164 valence electrons. The smallest absolute Gasteiger partial charge is 0.252 e. The Hall–Kier alpha value is -2.55. The molecule has 3 aromatic rings. The molecule has 8 heteroatoms. The summed E-state index contributed by atoms with van der Waals surface area (Å²) < 4.78 is 47.0. The minimum Gasteiger partial charge on any atom is -0.377 e. The zero-order chi connectivity index (χ0) is 22.2. The fraction of sp³-hybridized carbons (Fsp3) is 0.348. The Bertz CT molecular complexity index is 1260. The molecule has 0 spiro atoms. The van der Waals surface area contributed by atoms with Crippen LogP contribution in [0.15, 0.2) is 52.2 Å². The number of aromatic nitrogens is 1. The summed E-state index contributed by atoms with van der Waals surface area (Å²) >= 11 is 0. The van der Waals surface area contributed by atoms with E-state index in [4.69, 9.17) is 4.74 Å². The fourth-order valence-electron chi connectivity index (χ4n) is 4.04. The monoisotopic (exact) mass is 444 g/mol. The fourth-order valence-corrected chi connectivity index (χ4v) is 5.49. The number of nitrogens with one attached hydrogen (secondary N) is 1. The van der Waals surface area contributed by atoms with Gasteiger partial charge < -0.3 is 9.72 Å². The van der Waals surface area contributed by atoms with E-state index < -0.39 is 15.8 Å². The van der Waals surface area contributed by atoms with Crippen LogP contribution in [0.1, 0.15) is 29.5 Å². The second-order valence-corrected chi connectivity index (χ2v) is 9.99. The average molecular weight is 445 g/mol. The average Bonchev–Trinajstić information content (AvgIpc) is 3.22. The van der Waals surface area contributed by atoms with E-state index in [0.717, 1.165) is 47.0 Å². The molecule has 1 saturated heterocycles. The number of hydrogen-bond acceptors (Lipinski definition) is 4. The summed E-state index contributed by atoms with van der Waals surface area (Å²) in [5.41, 5.74) is 2.78. The normalized spacial score (nSPS) is 17.0. The molecule has 1 aromatic heterocycles. The summed E-state index contributed by atoms with van der Waals surface area (Å²) in [5, 5.41) is 0.872. The van der Waals surface area contributed by atoms with Gasteiger partial charge in [-0.05, 0) is 74.2 Å². The number of ether oxygens (including phenoxy) is 1. The van der Waals surface area contributed by atoms with Crippen molar-refractivity contribution in [3.8, 4) is 0 Å². The first-order valence-electron chi connectivity index (χ1n) is 10.2. The predicted octanol–water partition coefficient (Wildman–Crippen LogP) is 3.65. The van der Waals surface area contributed by atoms with Crippen LogP contribution in [0.5, 0.6) is 0 Å². The maximum absolute atomic E-state index is 13.4. The number of hydrogen-bond donors (Lipinski definition) is 1. The molecule has 0 aliphatic carbocycles. The van der Waals surface area contributed by atoms with Crippen molar-refractivity contribution in [2.75, 3.05) is 13.2 Å². The molecule has 2 aromatic carbocycles. The molecule has 6 nitrogen and oxygen atoms in total. The number of benzene rings is 2. The third-order valence-corrected chi connectivity index (χ3v) is 7.44. The quantitative estimate of drug-likeness (QED) is 0.629. The molecule has 4 rings (SSSR count). The van der Waals surface area contributed by atoms with Crippen molar-refractivity contribution in [3.63, 3.8) is 0 Å². The first-order chi connectivity index (χ1) is 14.7. The van der Waals surface area contributed by atoms with E-state index in [2.05, 4.69) is 4.98 Å². The van der Waals surface area contributed by atoms with E-state index in [9.17, 15) is 17.6 Å². The van der Waals surface area contributed by atoms with Crippen molar-refractivity contribution < 1.29 is 17.5 Å². The van der Waals surface area contributed by atoms with Crippen LogP contribution >= 0.6 is 0 Å². The molecule has 0 amide bonds. The van der Waals surface area contributed by atoms with Gasteiger partial charge in [-0.1, -0.05) is 6.07 Å². The third-order valence-electron chi connectivity index (χ3n) is 5.62. The maximum atomic E-state index is 13.4. The highest BCUT2D eigenvalue weighted by molar-refractivity contribution is 7.89. The molecule has 0 bridgehead atoms. The summed E-state index contributed by atoms with van der Waals surface area (Å²) in [6.07, 6.45) is 1.38. The molecule has 0 saturated carbocycles. The number of fused-ring (bicyclic) bond motifs is 1. The van der Waals surface area contributed by atoms with Gasteiger partial charge in [0, 0.05) is 36.2 Å². The van der Waals surface area contributed by atoms with Crippen LogP contribution in [-0.4, -0.2) is 37.0 Å². The predicted molar refractivity (Wildman–Crippen MR) is 117 cm³/mol. The van der Waals surface area contributed by atoms with Gasteiger partial charge in [-0.2, -0.15) is 4.31 Å². The highest BCUT2D eigenvalue weighted by Gasteiger charge is 2.30. The first-order valence-corrected chi connectivity index (χ1v) is 11.7. The lowest BCUT2D eigenvalue weighted by molar-refractivity contribution is 0.0925. The van der Waals surface area contributed by atoms with E-state index in [1.165, 1.54) is 16.4 Å². The summed E-state index contributed by atoms with van der Waals surface area (Å²) in [7, 11) is -3.96. The van der Waals surface area contributed by atoms with Crippen molar-refractivity contribution in [2.45, 2.75) is 44.2 Å². The summed E-state index contributed by atoms with van der Waals surface area (Å²) in [6, 6.07) is 10.4. The highest BCUT2D eigenvalue weighted by Crippen LogP contribution is 2.24. The van der Waals surface area contributed by atoms with Gasteiger partial charge >= 0.3 is 0 Å². The SMILES string of the molecule is Cc1cc(C)c2cc(CN(C[C@@H]3CCCO3)S(=O)(=O)c3ccc(F)cc3)c(=O)[nH]c2c1. The van der Waals surface area contributed by atoms with Crippen molar-refractivity contribution in [1.29, 1.82) is 0 Å². The highest BCUT2D eigenvalue weighted by atomic mass is 32.2. The van der Waals surface area contributed by atoms with Crippen molar-refractivity contribution >= 4 is 20.9 Å².